The summed E-state index contributed by atoms with van der Waals surface area (Å²) in [5.74, 6) is 0.523. The Labute approximate surface area is 191 Å². The summed E-state index contributed by atoms with van der Waals surface area (Å²) in [6.45, 7) is 7.61. The zero-order valence-corrected chi connectivity index (χ0v) is 21.2. The van der Waals surface area contributed by atoms with Crippen LogP contribution in [0.3, 0.4) is 0 Å². The van der Waals surface area contributed by atoms with Gasteiger partial charge in [-0.1, -0.05) is 91.0 Å². The second-order valence-electron chi connectivity index (χ2n) is 9.03. The van der Waals surface area contributed by atoms with Crippen LogP contribution in [0.25, 0.3) is 0 Å². The molecule has 1 atom stereocenters. The highest BCUT2D eigenvalue weighted by molar-refractivity contribution is 7.87. The second kappa shape index (κ2) is 14.9. The van der Waals surface area contributed by atoms with E-state index in [0.717, 1.165) is 19.3 Å². The molecule has 0 saturated carbocycles. The lowest BCUT2D eigenvalue weighted by molar-refractivity contribution is 0.155. The molecule has 1 unspecified atom stereocenters. The van der Waals surface area contributed by atoms with Crippen molar-refractivity contribution >= 4 is 10.1 Å². The fourth-order valence-electron chi connectivity index (χ4n) is 3.89. The Morgan fingerprint density at radius 2 is 1.26 bits per heavy atom. The summed E-state index contributed by atoms with van der Waals surface area (Å²) >= 11 is 0. The van der Waals surface area contributed by atoms with Gasteiger partial charge in [-0.25, -0.2) is 0 Å². The van der Waals surface area contributed by atoms with Crippen LogP contribution in [0.4, 0.5) is 0 Å². The SMILES string of the molecule is CCCCCCCCc1ccc(OC(C)(CC)S(=O)(=O)O)cc1CCCCCCCC. The average Bonchev–Trinajstić information content (AvgIpc) is 2.73. The minimum Gasteiger partial charge on any atom is -0.469 e. The Balaban J connectivity index is 2.83. The number of ether oxygens (including phenoxy) is 1. The molecule has 0 bridgehead atoms. The Kier molecular flexibility index (Phi) is 13.4. The molecule has 0 saturated heterocycles. The van der Waals surface area contributed by atoms with Crippen LogP contribution in [0.2, 0.25) is 0 Å². The molecule has 0 aliphatic rings. The van der Waals surface area contributed by atoms with Gasteiger partial charge in [0.15, 0.2) is 0 Å². The summed E-state index contributed by atoms with van der Waals surface area (Å²) in [5, 5.41) is 0. The highest BCUT2D eigenvalue weighted by atomic mass is 32.2. The topological polar surface area (TPSA) is 63.6 Å². The van der Waals surface area contributed by atoms with Crippen LogP contribution in [0, 0.1) is 0 Å². The van der Waals surface area contributed by atoms with Crippen LogP contribution < -0.4 is 4.74 Å². The van der Waals surface area contributed by atoms with Crippen molar-refractivity contribution in [3.63, 3.8) is 0 Å². The smallest absolute Gasteiger partial charge is 0.306 e. The first-order chi connectivity index (χ1) is 14.8. The second-order valence-corrected chi connectivity index (χ2v) is 10.8. The first-order valence-electron chi connectivity index (χ1n) is 12.5. The summed E-state index contributed by atoms with van der Waals surface area (Å²) in [4.78, 5) is -1.62. The van der Waals surface area contributed by atoms with Crippen molar-refractivity contribution in [1.29, 1.82) is 0 Å². The number of benzene rings is 1. The lowest BCUT2D eigenvalue weighted by Crippen LogP contribution is -2.40. The predicted molar refractivity (Wildman–Crippen MR) is 131 cm³/mol. The molecule has 0 aliphatic carbocycles. The van der Waals surface area contributed by atoms with Crippen LogP contribution in [0.15, 0.2) is 18.2 Å². The van der Waals surface area contributed by atoms with E-state index in [0.29, 0.717) is 5.75 Å². The molecule has 180 valence electrons. The van der Waals surface area contributed by atoms with Gasteiger partial charge in [-0.15, -0.1) is 0 Å². The Hall–Kier alpha value is -1.07. The maximum Gasteiger partial charge on any atom is 0.306 e. The van der Waals surface area contributed by atoms with E-state index in [1.165, 1.54) is 88.7 Å². The van der Waals surface area contributed by atoms with E-state index in [-0.39, 0.29) is 6.42 Å². The third-order valence-corrected chi connectivity index (χ3v) is 7.76. The van der Waals surface area contributed by atoms with Crippen molar-refractivity contribution in [3.8, 4) is 5.75 Å². The molecule has 0 radical (unpaired) electrons. The number of hydrogen-bond donors (Lipinski definition) is 1. The summed E-state index contributed by atoms with van der Waals surface area (Å²) in [6.07, 6.45) is 17.4. The van der Waals surface area contributed by atoms with Crippen LogP contribution >= 0.6 is 0 Å². The molecule has 5 heteroatoms. The first-order valence-corrected chi connectivity index (χ1v) is 14.0. The molecule has 0 aliphatic heterocycles. The van der Waals surface area contributed by atoms with Gasteiger partial charge in [-0.3, -0.25) is 4.55 Å². The van der Waals surface area contributed by atoms with Gasteiger partial charge in [0.1, 0.15) is 5.75 Å². The van der Waals surface area contributed by atoms with Crippen molar-refractivity contribution in [2.75, 3.05) is 0 Å². The fraction of sp³-hybridized carbons (Fsp3) is 0.769. The van der Waals surface area contributed by atoms with Gasteiger partial charge in [-0.05, 0) is 55.9 Å². The Bertz CT molecular complexity index is 714. The Morgan fingerprint density at radius 3 is 1.74 bits per heavy atom. The maximum absolute atomic E-state index is 11.8. The van der Waals surface area contributed by atoms with Gasteiger partial charge in [0.2, 0.25) is 4.93 Å². The van der Waals surface area contributed by atoms with Crippen molar-refractivity contribution < 1.29 is 17.7 Å². The fourth-order valence-corrected chi connectivity index (χ4v) is 4.46. The predicted octanol–water partition coefficient (Wildman–Crippen LogP) is 7.89. The minimum absolute atomic E-state index is 0.179. The van der Waals surface area contributed by atoms with Gasteiger partial charge in [-0.2, -0.15) is 8.42 Å². The van der Waals surface area contributed by atoms with Crippen LogP contribution in [0.5, 0.6) is 5.75 Å². The zero-order valence-electron chi connectivity index (χ0n) is 20.4. The molecule has 1 aromatic rings. The van der Waals surface area contributed by atoms with Gasteiger partial charge in [0, 0.05) is 6.42 Å². The standard InChI is InChI=1S/C26H46O4S/c1-5-8-10-12-14-16-18-23-20-21-25(30-26(4,7-3)31(27,28)29)22-24(23)19-17-15-13-11-9-6-2/h20-22H,5-19H2,1-4H3,(H,27,28,29). The van der Waals surface area contributed by atoms with E-state index >= 15 is 0 Å². The Morgan fingerprint density at radius 1 is 0.774 bits per heavy atom. The van der Waals surface area contributed by atoms with Gasteiger partial charge in [0.25, 0.3) is 0 Å². The highest BCUT2D eigenvalue weighted by Crippen LogP contribution is 2.29. The number of rotatable bonds is 18. The lowest BCUT2D eigenvalue weighted by atomic mass is 9.96. The van der Waals surface area contributed by atoms with Crippen molar-refractivity contribution in [2.45, 2.75) is 129 Å². The summed E-state index contributed by atoms with van der Waals surface area (Å²) < 4.78 is 39.1. The molecule has 31 heavy (non-hydrogen) atoms. The maximum atomic E-state index is 11.8. The molecule has 1 aromatic carbocycles. The molecular formula is C26H46O4S. The lowest BCUT2D eigenvalue weighted by Gasteiger charge is -2.26. The molecule has 0 spiro atoms. The van der Waals surface area contributed by atoms with Gasteiger partial charge >= 0.3 is 10.1 Å². The van der Waals surface area contributed by atoms with Crippen molar-refractivity contribution in [2.24, 2.45) is 0 Å². The monoisotopic (exact) mass is 454 g/mol. The first kappa shape index (κ1) is 28.0. The number of hydrogen-bond acceptors (Lipinski definition) is 3. The molecule has 1 rings (SSSR count). The largest absolute Gasteiger partial charge is 0.469 e. The van der Waals surface area contributed by atoms with Crippen LogP contribution in [-0.2, 0) is 23.0 Å². The number of unbranched alkanes of at least 4 members (excludes halogenated alkanes) is 10. The molecule has 1 N–H and O–H groups in total. The van der Waals surface area contributed by atoms with Gasteiger partial charge in [0.05, 0.1) is 0 Å². The average molecular weight is 455 g/mol. The van der Waals surface area contributed by atoms with Crippen molar-refractivity contribution in [1.82, 2.24) is 0 Å². The zero-order chi connectivity index (χ0) is 23.2. The molecule has 0 fully saturated rings. The third-order valence-electron chi connectivity index (χ3n) is 6.30. The normalized spacial score (nSPS) is 13.8. The summed E-state index contributed by atoms with van der Waals surface area (Å²) in [6, 6.07) is 5.95. The molecular weight excluding hydrogens is 408 g/mol. The molecule has 0 aromatic heterocycles. The van der Waals surface area contributed by atoms with E-state index in [1.54, 1.807) is 6.92 Å². The van der Waals surface area contributed by atoms with Gasteiger partial charge < -0.3 is 4.74 Å². The summed E-state index contributed by atoms with van der Waals surface area (Å²) in [5.41, 5.74) is 2.61. The number of aryl methyl sites for hydroxylation is 2. The molecule has 0 amide bonds. The third kappa shape index (κ3) is 10.4. The van der Waals surface area contributed by atoms with Crippen LogP contribution in [0.1, 0.15) is 122 Å². The van der Waals surface area contributed by atoms with E-state index in [9.17, 15) is 13.0 Å². The minimum atomic E-state index is -4.31. The molecule has 0 heterocycles. The van der Waals surface area contributed by atoms with Crippen LogP contribution in [-0.4, -0.2) is 17.9 Å². The highest BCUT2D eigenvalue weighted by Gasteiger charge is 2.38. The quantitative estimate of drug-likeness (QED) is 0.181. The van der Waals surface area contributed by atoms with E-state index in [4.69, 9.17) is 4.74 Å². The van der Waals surface area contributed by atoms with Crippen molar-refractivity contribution in [3.05, 3.63) is 29.3 Å². The van der Waals surface area contributed by atoms with E-state index in [1.807, 2.05) is 12.1 Å². The molecule has 4 nitrogen and oxygen atoms in total. The van der Waals surface area contributed by atoms with E-state index in [2.05, 4.69) is 19.9 Å². The van der Waals surface area contributed by atoms with E-state index < -0.39 is 15.1 Å². The summed E-state index contributed by atoms with van der Waals surface area (Å²) in [7, 11) is -4.31.